The second kappa shape index (κ2) is 8.68. The van der Waals surface area contributed by atoms with Gasteiger partial charge in [-0.05, 0) is 49.8 Å². The summed E-state index contributed by atoms with van der Waals surface area (Å²) >= 11 is 0. The van der Waals surface area contributed by atoms with Crippen LogP contribution in [-0.2, 0) is 0 Å². The molecule has 3 aromatic rings. The molecule has 0 radical (unpaired) electrons. The van der Waals surface area contributed by atoms with Crippen LogP contribution in [0.25, 0.3) is 11.0 Å². The minimum absolute atomic E-state index is 0.324. The third-order valence-electron chi connectivity index (χ3n) is 4.13. The van der Waals surface area contributed by atoms with Crippen molar-refractivity contribution in [2.24, 2.45) is 0 Å². The van der Waals surface area contributed by atoms with E-state index in [4.69, 9.17) is 0 Å². The lowest BCUT2D eigenvalue weighted by molar-refractivity contribution is 1.10. The van der Waals surface area contributed by atoms with Crippen molar-refractivity contribution >= 4 is 32.6 Å². The molecular formula is C21H24N4S. The molecule has 0 aliphatic heterocycles. The standard InChI is InChI=1S/C21H24N4S/c1-4-10-26(5-2)15-23-20-9-6-16(3)18(12-20)8-7-17-11-19-14-24-25-21(19)22-13-17/h5-6,9,11-14,23H,4,10,15H2,1-3H3,(H,22,24,25). The molecular weight excluding hydrogens is 340 g/mol. The highest BCUT2D eigenvalue weighted by Crippen LogP contribution is 2.18. The first-order valence-electron chi connectivity index (χ1n) is 8.81. The molecule has 134 valence electrons. The van der Waals surface area contributed by atoms with E-state index in [1.807, 2.05) is 6.07 Å². The number of H-pyrrole nitrogens is 1. The number of nitrogens with one attached hydrogen (secondary N) is 2. The predicted octanol–water partition coefficient (Wildman–Crippen LogP) is 4.54. The molecule has 0 fully saturated rings. The zero-order chi connectivity index (χ0) is 18.4. The molecule has 5 heteroatoms. The van der Waals surface area contributed by atoms with Gasteiger partial charge in [0, 0.05) is 28.4 Å². The number of fused-ring (bicyclic) bond motifs is 1. The maximum Gasteiger partial charge on any atom is 0.155 e. The van der Waals surface area contributed by atoms with Crippen molar-refractivity contribution in [2.75, 3.05) is 16.9 Å². The predicted molar refractivity (Wildman–Crippen MR) is 114 cm³/mol. The number of hydrogen-bond donors (Lipinski definition) is 2. The maximum atomic E-state index is 4.33. The molecule has 1 atom stereocenters. The molecule has 0 saturated carbocycles. The van der Waals surface area contributed by atoms with E-state index in [1.165, 1.54) is 17.7 Å². The fraction of sp³-hybridized carbons (Fsp3) is 0.286. The number of aryl methyl sites for hydroxylation is 1. The first kappa shape index (κ1) is 18.2. The SMILES string of the molecule is C/C=S(/CCC)CNc1ccc(C)c(C#Cc2cnc3[nH]ncc3c2)c1. The van der Waals surface area contributed by atoms with Gasteiger partial charge in [-0.15, -0.1) is 0 Å². The Kier molecular flexibility index (Phi) is 6.08. The monoisotopic (exact) mass is 364 g/mol. The van der Waals surface area contributed by atoms with Crippen LogP contribution in [0.1, 0.15) is 37.0 Å². The topological polar surface area (TPSA) is 53.6 Å². The van der Waals surface area contributed by atoms with Gasteiger partial charge in [-0.2, -0.15) is 15.6 Å². The van der Waals surface area contributed by atoms with Crippen LogP contribution in [0.3, 0.4) is 0 Å². The highest BCUT2D eigenvalue weighted by atomic mass is 32.2. The molecule has 0 aliphatic carbocycles. The molecule has 0 aliphatic rings. The van der Waals surface area contributed by atoms with Crippen molar-refractivity contribution in [1.29, 1.82) is 0 Å². The Hall–Kier alpha value is -2.58. The third kappa shape index (κ3) is 4.53. The van der Waals surface area contributed by atoms with Gasteiger partial charge in [-0.25, -0.2) is 4.98 Å². The second-order valence-electron chi connectivity index (χ2n) is 6.11. The average molecular weight is 365 g/mol. The van der Waals surface area contributed by atoms with E-state index in [0.29, 0.717) is 10.5 Å². The van der Waals surface area contributed by atoms with Gasteiger partial charge >= 0.3 is 0 Å². The van der Waals surface area contributed by atoms with Crippen LogP contribution in [-0.4, -0.2) is 32.2 Å². The minimum atomic E-state index is 0.324. The molecule has 3 rings (SSSR count). The fourth-order valence-electron chi connectivity index (χ4n) is 2.62. The van der Waals surface area contributed by atoms with E-state index in [2.05, 4.69) is 76.7 Å². The Bertz CT molecular complexity index is 992. The summed E-state index contributed by atoms with van der Waals surface area (Å²) in [6.07, 6.45) is 4.76. The summed E-state index contributed by atoms with van der Waals surface area (Å²) < 4.78 is 0. The van der Waals surface area contributed by atoms with Gasteiger partial charge in [0.25, 0.3) is 0 Å². The summed E-state index contributed by atoms with van der Waals surface area (Å²) in [7, 11) is 0.324. The van der Waals surface area contributed by atoms with Crippen molar-refractivity contribution in [2.45, 2.75) is 27.2 Å². The highest BCUT2D eigenvalue weighted by Gasteiger charge is 2.00. The number of aromatic nitrogens is 3. The first-order chi connectivity index (χ1) is 12.7. The van der Waals surface area contributed by atoms with Crippen LogP contribution in [0.5, 0.6) is 0 Å². The molecule has 2 aromatic heterocycles. The van der Waals surface area contributed by atoms with Crippen molar-refractivity contribution < 1.29 is 0 Å². The minimum Gasteiger partial charge on any atom is -0.376 e. The third-order valence-corrected chi connectivity index (χ3v) is 6.25. The Morgan fingerprint density at radius 1 is 1.23 bits per heavy atom. The number of rotatable bonds is 5. The number of anilines is 1. The molecule has 1 aromatic carbocycles. The van der Waals surface area contributed by atoms with Gasteiger partial charge in [0.2, 0.25) is 0 Å². The quantitative estimate of drug-likeness (QED) is 0.516. The van der Waals surface area contributed by atoms with Crippen molar-refractivity contribution in [1.82, 2.24) is 15.2 Å². The van der Waals surface area contributed by atoms with E-state index in [1.54, 1.807) is 12.4 Å². The lowest BCUT2D eigenvalue weighted by Gasteiger charge is -2.11. The van der Waals surface area contributed by atoms with Crippen LogP contribution < -0.4 is 5.32 Å². The van der Waals surface area contributed by atoms with Crippen molar-refractivity contribution in [3.63, 3.8) is 0 Å². The van der Waals surface area contributed by atoms with Gasteiger partial charge in [-0.1, -0.05) is 30.2 Å². The molecule has 0 saturated heterocycles. The zero-order valence-electron chi connectivity index (χ0n) is 15.5. The van der Waals surface area contributed by atoms with Gasteiger partial charge in [-0.3, -0.25) is 5.10 Å². The van der Waals surface area contributed by atoms with Crippen LogP contribution >= 0.6 is 10.5 Å². The van der Waals surface area contributed by atoms with Gasteiger partial charge < -0.3 is 5.32 Å². The first-order valence-corrected chi connectivity index (χ1v) is 10.4. The zero-order valence-corrected chi connectivity index (χ0v) is 16.3. The Labute approximate surface area is 157 Å². The van der Waals surface area contributed by atoms with Gasteiger partial charge in [0.1, 0.15) is 0 Å². The van der Waals surface area contributed by atoms with E-state index in [-0.39, 0.29) is 0 Å². The number of hydrogen-bond acceptors (Lipinski definition) is 3. The Morgan fingerprint density at radius 2 is 2.12 bits per heavy atom. The highest BCUT2D eigenvalue weighted by molar-refractivity contribution is 8.15. The number of pyridine rings is 1. The average Bonchev–Trinajstić information content (AvgIpc) is 3.13. The maximum absolute atomic E-state index is 4.33. The van der Waals surface area contributed by atoms with Gasteiger partial charge in [0.15, 0.2) is 5.65 Å². The lowest BCUT2D eigenvalue weighted by atomic mass is 10.1. The van der Waals surface area contributed by atoms with E-state index >= 15 is 0 Å². The smallest absolute Gasteiger partial charge is 0.155 e. The molecule has 4 nitrogen and oxygen atoms in total. The van der Waals surface area contributed by atoms with Crippen molar-refractivity contribution in [3.8, 4) is 11.8 Å². The largest absolute Gasteiger partial charge is 0.376 e. The summed E-state index contributed by atoms with van der Waals surface area (Å²) in [5.74, 6) is 8.74. The molecule has 2 N–H and O–H groups in total. The summed E-state index contributed by atoms with van der Waals surface area (Å²) in [6.45, 7) is 6.48. The van der Waals surface area contributed by atoms with Crippen LogP contribution in [0.15, 0.2) is 36.7 Å². The Balaban J connectivity index is 1.77. The molecule has 2 heterocycles. The summed E-state index contributed by atoms with van der Waals surface area (Å²) in [5.41, 5.74) is 5.02. The van der Waals surface area contributed by atoms with Gasteiger partial charge in [0.05, 0.1) is 12.1 Å². The van der Waals surface area contributed by atoms with Crippen LogP contribution in [0.4, 0.5) is 5.69 Å². The number of benzene rings is 1. The number of nitrogens with zero attached hydrogens (tertiary/aromatic N) is 2. The number of aromatic amines is 1. The molecule has 0 amide bonds. The summed E-state index contributed by atoms with van der Waals surface area (Å²) in [6, 6.07) is 8.39. The van der Waals surface area contributed by atoms with Crippen molar-refractivity contribution in [3.05, 3.63) is 53.3 Å². The molecule has 26 heavy (non-hydrogen) atoms. The van der Waals surface area contributed by atoms with Crippen LogP contribution in [0.2, 0.25) is 0 Å². The normalized spacial score (nSPS) is 12.0. The van der Waals surface area contributed by atoms with E-state index in [9.17, 15) is 0 Å². The lowest BCUT2D eigenvalue weighted by Crippen LogP contribution is -2.02. The van der Waals surface area contributed by atoms with E-state index in [0.717, 1.165) is 33.7 Å². The second-order valence-corrected chi connectivity index (χ2v) is 8.35. The fourth-order valence-corrected chi connectivity index (χ4v) is 4.05. The van der Waals surface area contributed by atoms with E-state index < -0.39 is 0 Å². The molecule has 0 spiro atoms. The Morgan fingerprint density at radius 3 is 2.92 bits per heavy atom. The molecule has 0 bridgehead atoms. The summed E-state index contributed by atoms with van der Waals surface area (Å²) in [4.78, 5) is 4.33. The summed E-state index contributed by atoms with van der Waals surface area (Å²) in [5, 5.41) is 13.7. The molecule has 1 unspecified atom stereocenters. The van der Waals surface area contributed by atoms with Crippen LogP contribution in [0, 0.1) is 18.8 Å².